The summed E-state index contributed by atoms with van der Waals surface area (Å²) < 4.78 is 9.65. The van der Waals surface area contributed by atoms with Gasteiger partial charge in [0.1, 0.15) is 11.3 Å². The minimum Gasteiger partial charge on any atom is -0.468 e. The zero-order valence-corrected chi connectivity index (χ0v) is 12.7. The van der Waals surface area contributed by atoms with Crippen LogP contribution in [0.25, 0.3) is 0 Å². The Morgan fingerprint density at radius 2 is 2.25 bits per heavy atom. The van der Waals surface area contributed by atoms with Crippen LogP contribution in [0.2, 0.25) is 0 Å². The molecule has 1 aliphatic heterocycles. The summed E-state index contributed by atoms with van der Waals surface area (Å²) in [7, 11) is 1.38. The molecule has 1 fully saturated rings. The topological polar surface area (TPSA) is 72.6 Å². The highest BCUT2D eigenvalue weighted by molar-refractivity contribution is 8.00. The summed E-state index contributed by atoms with van der Waals surface area (Å²) in [6.07, 6.45) is 0.886. The summed E-state index contributed by atoms with van der Waals surface area (Å²) in [5, 5.41) is 4.09. The summed E-state index contributed by atoms with van der Waals surface area (Å²) in [4.78, 5) is 25.3. The molecule has 0 saturated carbocycles. The van der Waals surface area contributed by atoms with Crippen LogP contribution < -0.4 is 0 Å². The number of aryl methyl sites for hydroxylation is 2. The highest BCUT2D eigenvalue weighted by Crippen LogP contribution is 2.25. The molecule has 7 heteroatoms. The lowest BCUT2D eigenvalue weighted by Crippen LogP contribution is -2.30. The number of methoxy groups -OCH3 is 1. The minimum absolute atomic E-state index is 0.0394. The van der Waals surface area contributed by atoms with Crippen LogP contribution in [0, 0.1) is 13.8 Å². The molecule has 20 heavy (non-hydrogen) atoms. The predicted molar refractivity (Wildman–Crippen MR) is 74.8 cm³/mol. The molecule has 0 unspecified atom stereocenters. The first-order chi connectivity index (χ1) is 9.52. The van der Waals surface area contributed by atoms with E-state index in [-0.39, 0.29) is 17.1 Å². The Morgan fingerprint density at radius 1 is 1.50 bits per heavy atom. The monoisotopic (exact) mass is 298 g/mol. The van der Waals surface area contributed by atoms with Crippen LogP contribution in [0.3, 0.4) is 0 Å². The third-order valence-electron chi connectivity index (χ3n) is 3.34. The number of amides is 1. The average molecular weight is 298 g/mol. The summed E-state index contributed by atoms with van der Waals surface area (Å²) in [6.45, 7) is 4.85. The highest BCUT2D eigenvalue weighted by Gasteiger charge is 2.30. The van der Waals surface area contributed by atoms with Gasteiger partial charge in [0.25, 0.3) is 5.91 Å². The molecule has 0 aliphatic carbocycles. The van der Waals surface area contributed by atoms with Crippen LogP contribution in [0.4, 0.5) is 0 Å². The van der Waals surface area contributed by atoms with E-state index in [1.54, 1.807) is 18.7 Å². The van der Waals surface area contributed by atoms with Crippen molar-refractivity contribution in [2.75, 3.05) is 26.0 Å². The van der Waals surface area contributed by atoms with E-state index in [0.29, 0.717) is 35.9 Å². The number of nitrogens with zero attached hydrogens (tertiary/aromatic N) is 2. The van der Waals surface area contributed by atoms with Crippen LogP contribution in [-0.4, -0.2) is 53.1 Å². The van der Waals surface area contributed by atoms with Crippen LogP contribution >= 0.6 is 11.8 Å². The van der Waals surface area contributed by atoms with Crippen molar-refractivity contribution in [3.63, 3.8) is 0 Å². The number of likely N-dealkylation sites (tertiary alicyclic amines) is 1. The van der Waals surface area contributed by atoms with Crippen molar-refractivity contribution in [3.8, 4) is 0 Å². The van der Waals surface area contributed by atoms with E-state index in [1.165, 1.54) is 18.9 Å². The second-order valence-electron chi connectivity index (χ2n) is 4.75. The fraction of sp³-hybridized carbons (Fsp3) is 0.615. The van der Waals surface area contributed by atoms with Crippen molar-refractivity contribution in [2.45, 2.75) is 25.5 Å². The van der Waals surface area contributed by atoms with E-state index in [1.807, 2.05) is 0 Å². The molecule has 1 atom stereocenters. The number of rotatable bonds is 4. The van der Waals surface area contributed by atoms with Gasteiger partial charge in [-0.15, -0.1) is 11.8 Å². The minimum atomic E-state index is -0.231. The molecule has 1 aliphatic rings. The van der Waals surface area contributed by atoms with Crippen LogP contribution in [0.15, 0.2) is 4.52 Å². The zero-order valence-electron chi connectivity index (χ0n) is 11.8. The van der Waals surface area contributed by atoms with Crippen LogP contribution in [0.5, 0.6) is 0 Å². The first-order valence-electron chi connectivity index (χ1n) is 6.43. The SMILES string of the molecule is COC(=O)CS[C@@H]1CCN(C(=O)c2c(C)noc2C)C1. The van der Waals surface area contributed by atoms with E-state index in [4.69, 9.17) is 4.52 Å². The maximum absolute atomic E-state index is 12.4. The van der Waals surface area contributed by atoms with Crippen LogP contribution in [-0.2, 0) is 9.53 Å². The zero-order chi connectivity index (χ0) is 14.7. The summed E-state index contributed by atoms with van der Waals surface area (Å²) in [5.74, 6) is 0.611. The Labute approximate surface area is 121 Å². The highest BCUT2D eigenvalue weighted by atomic mass is 32.2. The lowest BCUT2D eigenvalue weighted by atomic mass is 10.2. The quantitative estimate of drug-likeness (QED) is 0.783. The van der Waals surface area contributed by atoms with E-state index < -0.39 is 0 Å². The molecule has 0 spiro atoms. The largest absolute Gasteiger partial charge is 0.468 e. The van der Waals surface area contributed by atoms with E-state index in [0.717, 1.165) is 6.42 Å². The Morgan fingerprint density at radius 3 is 2.85 bits per heavy atom. The van der Waals surface area contributed by atoms with E-state index >= 15 is 0 Å². The number of thioether (sulfide) groups is 1. The number of aromatic nitrogens is 1. The first-order valence-corrected chi connectivity index (χ1v) is 7.48. The molecule has 1 aromatic rings. The van der Waals surface area contributed by atoms with Crippen molar-refractivity contribution in [1.82, 2.24) is 10.1 Å². The molecule has 1 saturated heterocycles. The Kier molecular flexibility index (Phi) is 4.69. The second kappa shape index (κ2) is 6.30. The molecule has 2 rings (SSSR count). The maximum Gasteiger partial charge on any atom is 0.315 e. The fourth-order valence-electron chi connectivity index (χ4n) is 2.24. The molecule has 1 aromatic heterocycles. The fourth-order valence-corrected chi connectivity index (χ4v) is 3.29. The smallest absolute Gasteiger partial charge is 0.315 e. The third-order valence-corrected chi connectivity index (χ3v) is 4.60. The molecule has 0 bridgehead atoms. The number of carbonyl (C=O) groups is 2. The molecular formula is C13H18N2O4S. The van der Waals surface area contributed by atoms with Crippen molar-refractivity contribution in [1.29, 1.82) is 0 Å². The average Bonchev–Trinajstić information content (AvgIpc) is 3.03. The van der Waals surface area contributed by atoms with Gasteiger partial charge in [-0.25, -0.2) is 0 Å². The normalized spacial score (nSPS) is 18.4. The molecule has 6 nitrogen and oxygen atoms in total. The van der Waals surface area contributed by atoms with Gasteiger partial charge in [0, 0.05) is 18.3 Å². The van der Waals surface area contributed by atoms with Crippen molar-refractivity contribution in [2.24, 2.45) is 0 Å². The van der Waals surface area contributed by atoms with Crippen molar-refractivity contribution < 1.29 is 18.8 Å². The Balaban J connectivity index is 1.93. The lowest BCUT2D eigenvalue weighted by molar-refractivity contribution is -0.137. The Hall–Kier alpha value is -1.50. The van der Waals surface area contributed by atoms with Crippen LogP contribution in [0.1, 0.15) is 28.2 Å². The number of ether oxygens (including phenoxy) is 1. The standard InChI is InChI=1S/C13H18N2O4S/c1-8-12(9(2)19-14-8)13(17)15-5-4-10(6-15)20-7-11(16)18-3/h10H,4-7H2,1-3H3/t10-/m1/s1. The summed E-state index contributed by atoms with van der Waals surface area (Å²) in [5.41, 5.74) is 1.18. The van der Waals surface area contributed by atoms with Gasteiger partial charge >= 0.3 is 5.97 Å². The van der Waals surface area contributed by atoms with Gasteiger partial charge in [0.15, 0.2) is 0 Å². The number of esters is 1. The van der Waals surface area contributed by atoms with Gasteiger partial charge in [-0.05, 0) is 20.3 Å². The van der Waals surface area contributed by atoms with Gasteiger partial charge in [0.05, 0.1) is 18.6 Å². The molecule has 1 amide bonds. The van der Waals surface area contributed by atoms with E-state index in [2.05, 4.69) is 9.89 Å². The van der Waals surface area contributed by atoms with E-state index in [9.17, 15) is 9.59 Å². The van der Waals surface area contributed by atoms with Crippen molar-refractivity contribution in [3.05, 3.63) is 17.0 Å². The Bertz CT molecular complexity index is 495. The molecule has 2 heterocycles. The van der Waals surface area contributed by atoms with Gasteiger partial charge in [0.2, 0.25) is 0 Å². The lowest BCUT2D eigenvalue weighted by Gasteiger charge is -2.16. The van der Waals surface area contributed by atoms with Crippen molar-refractivity contribution >= 4 is 23.6 Å². The van der Waals surface area contributed by atoms with Gasteiger partial charge < -0.3 is 14.2 Å². The third kappa shape index (κ3) is 3.15. The summed E-state index contributed by atoms with van der Waals surface area (Å²) >= 11 is 1.54. The van der Waals surface area contributed by atoms with Gasteiger partial charge in [-0.1, -0.05) is 5.16 Å². The molecule has 0 aromatic carbocycles. The molecule has 0 N–H and O–H groups in total. The number of hydrogen-bond donors (Lipinski definition) is 0. The van der Waals surface area contributed by atoms with Gasteiger partial charge in [-0.2, -0.15) is 0 Å². The van der Waals surface area contributed by atoms with Gasteiger partial charge in [-0.3, -0.25) is 9.59 Å². The molecular weight excluding hydrogens is 280 g/mol. The summed E-state index contributed by atoms with van der Waals surface area (Å²) in [6, 6.07) is 0. The number of carbonyl (C=O) groups excluding carboxylic acids is 2. The molecule has 110 valence electrons. The molecule has 0 radical (unpaired) electrons. The first kappa shape index (κ1) is 14.9. The second-order valence-corrected chi connectivity index (χ2v) is 6.04. The maximum atomic E-state index is 12.4. The number of hydrogen-bond acceptors (Lipinski definition) is 6. The predicted octanol–water partition coefficient (Wildman–Crippen LogP) is 1.41.